The number of benzene rings is 7. The van der Waals surface area contributed by atoms with Crippen LogP contribution in [-0.2, 0) is 0 Å². The zero-order valence-electron chi connectivity index (χ0n) is 27.0. The average Bonchev–Trinajstić information content (AvgIpc) is 3.89. The van der Waals surface area contributed by atoms with Crippen molar-refractivity contribution in [2.75, 3.05) is 0 Å². The van der Waals surface area contributed by atoms with Crippen LogP contribution in [0.2, 0.25) is 0 Å². The van der Waals surface area contributed by atoms with Gasteiger partial charge in [0.2, 0.25) is 0 Å². The van der Waals surface area contributed by atoms with Crippen LogP contribution >= 0.6 is 34.0 Å². The number of hydrogen-bond acceptors (Lipinski definition) is 6. The fourth-order valence-electron chi connectivity index (χ4n) is 7.37. The van der Waals surface area contributed by atoms with Crippen LogP contribution in [-0.4, -0.2) is 15.0 Å². The molecule has 51 heavy (non-hydrogen) atoms. The molecule has 11 rings (SSSR count). The first-order chi connectivity index (χ1) is 25.3. The van der Waals surface area contributed by atoms with Crippen molar-refractivity contribution in [3.8, 4) is 45.3 Å². The molecule has 0 N–H and O–H groups in total. The van der Waals surface area contributed by atoms with Crippen molar-refractivity contribution in [1.29, 1.82) is 0 Å². The van der Waals surface area contributed by atoms with Crippen LogP contribution in [0, 0.1) is 0 Å². The molecule has 0 spiro atoms. The normalized spacial score (nSPS) is 11.9. The van der Waals surface area contributed by atoms with E-state index >= 15 is 0 Å². The minimum absolute atomic E-state index is 0.669. The van der Waals surface area contributed by atoms with Crippen molar-refractivity contribution in [2.45, 2.75) is 0 Å². The van der Waals surface area contributed by atoms with Crippen molar-refractivity contribution in [3.63, 3.8) is 0 Å². The highest BCUT2D eigenvalue weighted by Crippen LogP contribution is 2.47. The molecule has 238 valence electrons. The van der Waals surface area contributed by atoms with Crippen LogP contribution in [0.3, 0.4) is 0 Å². The van der Waals surface area contributed by atoms with Crippen LogP contribution < -0.4 is 0 Å². The number of fused-ring (bicyclic) bond motifs is 9. The number of aromatic nitrogens is 3. The number of hydrogen-bond donors (Lipinski definition) is 0. The Balaban J connectivity index is 1.13. The lowest BCUT2D eigenvalue weighted by Crippen LogP contribution is -2.00. The van der Waals surface area contributed by atoms with Gasteiger partial charge in [0.1, 0.15) is 0 Å². The minimum atomic E-state index is 0.669. The van der Waals surface area contributed by atoms with E-state index in [0.29, 0.717) is 17.5 Å². The van der Waals surface area contributed by atoms with Gasteiger partial charge < -0.3 is 0 Å². The predicted molar refractivity (Wildman–Crippen MR) is 220 cm³/mol. The zero-order valence-corrected chi connectivity index (χ0v) is 29.4. The van der Waals surface area contributed by atoms with E-state index in [1.807, 2.05) is 52.2 Å². The van der Waals surface area contributed by atoms with Gasteiger partial charge in [-0.25, -0.2) is 15.0 Å². The molecule has 0 bridgehead atoms. The zero-order chi connectivity index (χ0) is 33.5. The fraction of sp³-hybridized carbons (Fsp3) is 0. The molecular formula is C45H25N3S3. The first kappa shape index (κ1) is 29.0. The second-order valence-corrected chi connectivity index (χ2v) is 15.9. The Morgan fingerprint density at radius 3 is 1.51 bits per heavy atom. The Kier molecular flexibility index (Phi) is 6.46. The third-order valence-corrected chi connectivity index (χ3v) is 13.4. The highest BCUT2D eigenvalue weighted by atomic mass is 32.1. The molecule has 3 nitrogen and oxygen atoms in total. The van der Waals surface area contributed by atoms with Crippen LogP contribution in [0.5, 0.6) is 0 Å². The molecule has 6 heteroatoms. The van der Waals surface area contributed by atoms with Crippen molar-refractivity contribution in [3.05, 3.63) is 152 Å². The molecule has 0 fully saturated rings. The van der Waals surface area contributed by atoms with Gasteiger partial charge in [0.05, 0.1) is 0 Å². The van der Waals surface area contributed by atoms with Crippen LogP contribution in [0.4, 0.5) is 0 Å². The molecule has 0 unspecified atom stereocenters. The SMILES string of the molecule is c1ccc(-c2nc(-c3ccc4c(c3)sc3ccccc34)nc(-c3cccc4c3sc3c(-c5cccc6c5sc5ccccc56)cccc34)n2)cc1. The minimum Gasteiger partial charge on any atom is -0.208 e. The van der Waals surface area contributed by atoms with Crippen molar-refractivity contribution in [1.82, 2.24) is 15.0 Å². The summed E-state index contributed by atoms with van der Waals surface area (Å²) in [7, 11) is 0. The second kappa shape index (κ2) is 11.4. The lowest BCUT2D eigenvalue weighted by molar-refractivity contribution is 1.08. The molecule has 0 radical (unpaired) electrons. The molecule has 0 aliphatic heterocycles. The summed E-state index contributed by atoms with van der Waals surface area (Å²) in [4.78, 5) is 15.4. The summed E-state index contributed by atoms with van der Waals surface area (Å²) in [5.41, 5.74) is 5.50. The first-order valence-electron chi connectivity index (χ1n) is 16.9. The predicted octanol–water partition coefficient (Wildman–Crippen LogP) is 13.6. The molecule has 7 aromatic carbocycles. The molecular weight excluding hydrogens is 679 g/mol. The summed E-state index contributed by atoms with van der Waals surface area (Å²) >= 11 is 5.52. The van der Waals surface area contributed by atoms with Gasteiger partial charge in [0.25, 0.3) is 0 Å². The van der Waals surface area contributed by atoms with Crippen LogP contribution in [0.15, 0.2) is 152 Å². The largest absolute Gasteiger partial charge is 0.208 e. The molecule has 0 amide bonds. The number of nitrogens with zero attached hydrogens (tertiary/aromatic N) is 3. The molecule has 0 aliphatic rings. The topological polar surface area (TPSA) is 38.7 Å². The smallest absolute Gasteiger partial charge is 0.165 e. The van der Waals surface area contributed by atoms with E-state index in [2.05, 4.69) is 133 Å². The Bertz CT molecular complexity index is 3150. The van der Waals surface area contributed by atoms with Gasteiger partial charge in [-0.1, -0.05) is 127 Å². The molecule has 11 aromatic rings. The quantitative estimate of drug-likeness (QED) is 0.183. The fourth-order valence-corrected chi connectivity index (χ4v) is 11.1. The van der Waals surface area contributed by atoms with E-state index in [4.69, 9.17) is 15.0 Å². The van der Waals surface area contributed by atoms with Gasteiger partial charge in [-0.3, -0.25) is 0 Å². The summed E-state index contributed by atoms with van der Waals surface area (Å²) in [6.45, 7) is 0. The summed E-state index contributed by atoms with van der Waals surface area (Å²) in [5, 5.41) is 7.63. The summed E-state index contributed by atoms with van der Waals surface area (Å²) in [5.74, 6) is 2.02. The second-order valence-electron chi connectivity index (χ2n) is 12.7. The van der Waals surface area contributed by atoms with Crippen molar-refractivity contribution < 1.29 is 0 Å². The Hall–Kier alpha value is -5.79. The van der Waals surface area contributed by atoms with Gasteiger partial charge in [0.15, 0.2) is 17.5 Å². The number of thiophene rings is 3. The Morgan fingerprint density at radius 1 is 0.294 bits per heavy atom. The van der Waals surface area contributed by atoms with E-state index in [0.717, 1.165) is 16.7 Å². The number of rotatable bonds is 4. The lowest BCUT2D eigenvalue weighted by Gasteiger charge is -2.09. The summed E-state index contributed by atoms with van der Waals surface area (Å²) in [6, 6.07) is 54.1. The first-order valence-corrected chi connectivity index (χ1v) is 19.3. The van der Waals surface area contributed by atoms with Crippen LogP contribution in [0.25, 0.3) is 106 Å². The Labute approximate surface area is 304 Å². The Morgan fingerprint density at radius 2 is 0.784 bits per heavy atom. The van der Waals surface area contributed by atoms with E-state index in [1.165, 1.54) is 71.6 Å². The van der Waals surface area contributed by atoms with Gasteiger partial charge in [-0.15, -0.1) is 34.0 Å². The van der Waals surface area contributed by atoms with Gasteiger partial charge in [0, 0.05) is 88.3 Å². The maximum atomic E-state index is 5.22. The van der Waals surface area contributed by atoms with Gasteiger partial charge >= 0.3 is 0 Å². The average molecular weight is 704 g/mol. The third-order valence-electron chi connectivity index (χ3n) is 9.76. The molecule has 0 saturated carbocycles. The van der Waals surface area contributed by atoms with Crippen molar-refractivity contribution in [2.24, 2.45) is 0 Å². The molecule has 4 aromatic heterocycles. The highest BCUT2D eigenvalue weighted by molar-refractivity contribution is 7.28. The summed E-state index contributed by atoms with van der Waals surface area (Å²) < 4.78 is 7.61. The highest BCUT2D eigenvalue weighted by Gasteiger charge is 2.20. The van der Waals surface area contributed by atoms with Crippen molar-refractivity contribution >= 4 is 94.5 Å². The lowest BCUT2D eigenvalue weighted by atomic mass is 10.00. The van der Waals surface area contributed by atoms with E-state index in [-0.39, 0.29) is 0 Å². The van der Waals surface area contributed by atoms with Gasteiger partial charge in [-0.2, -0.15) is 0 Å². The van der Waals surface area contributed by atoms with Gasteiger partial charge in [-0.05, 0) is 24.3 Å². The van der Waals surface area contributed by atoms with E-state index < -0.39 is 0 Å². The molecule has 0 saturated heterocycles. The maximum absolute atomic E-state index is 5.22. The molecule has 4 heterocycles. The standard InChI is InChI=1S/C45H25N3S3/c1-2-11-26(12-3-1)43-46-44(27-23-24-30-28-13-4-6-21-37(28)49-39(30)25-27)48-45(47-43)36-20-10-19-35-34-18-9-17-33(41(34)51-42(35)36)32-16-8-15-31-29-14-5-7-22-38(29)50-40(31)32/h1-25H. The summed E-state index contributed by atoms with van der Waals surface area (Å²) in [6.07, 6.45) is 0. The third kappa shape index (κ3) is 4.58. The van der Waals surface area contributed by atoms with Crippen LogP contribution in [0.1, 0.15) is 0 Å². The maximum Gasteiger partial charge on any atom is 0.165 e. The molecule has 0 aliphatic carbocycles. The monoisotopic (exact) mass is 703 g/mol. The van der Waals surface area contributed by atoms with E-state index in [1.54, 1.807) is 0 Å². The molecule has 0 atom stereocenters. The van der Waals surface area contributed by atoms with E-state index in [9.17, 15) is 0 Å².